The Hall–Kier alpha value is -2.44. The molecule has 2 N–H and O–H groups in total. The van der Waals surface area contributed by atoms with E-state index < -0.39 is 16.9 Å². The summed E-state index contributed by atoms with van der Waals surface area (Å²) in [5, 5.41) is 16.0. The minimum absolute atomic E-state index is 0.154. The maximum absolute atomic E-state index is 12.0. The van der Waals surface area contributed by atoms with Crippen LogP contribution < -0.4 is 10.6 Å². The lowest BCUT2D eigenvalue weighted by Gasteiger charge is -2.14. The van der Waals surface area contributed by atoms with Crippen LogP contribution in [0.25, 0.3) is 0 Å². The zero-order valence-electron chi connectivity index (χ0n) is 13.5. The second kappa shape index (κ2) is 9.55. The molecule has 2 amide bonds. The van der Waals surface area contributed by atoms with Crippen LogP contribution in [0.1, 0.15) is 49.9 Å². The zero-order valence-corrected chi connectivity index (χ0v) is 13.5. The van der Waals surface area contributed by atoms with Gasteiger partial charge >= 0.3 is 0 Å². The van der Waals surface area contributed by atoms with E-state index in [0.717, 1.165) is 25.7 Å². The molecule has 1 aromatic rings. The Kier molecular flexibility index (Phi) is 7.73. The highest BCUT2D eigenvalue weighted by molar-refractivity contribution is 5.97. The van der Waals surface area contributed by atoms with Crippen LogP contribution in [0.5, 0.6) is 0 Å². The van der Waals surface area contributed by atoms with Gasteiger partial charge in [0.2, 0.25) is 5.91 Å². The highest BCUT2D eigenvalue weighted by Gasteiger charge is 2.17. The molecule has 0 fully saturated rings. The number of carbonyl (C=O) groups excluding carboxylic acids is 2. The molecular weight excluding hydrogens is 298 g/mol. The van der Waals surface area contributed by atoms with Gasteiger partial charge in [0.1, 0.15) is 6.04 Å². The number of nitro groups is 1. The molecule has 0 radical (unpaired) electrons. The van der Waals surface area contributed by atoms with Crippen LogP contribution >= 0.6 is 0 Å². The molecule has 0 saturated heterocycles. The van der Waals surface area contributed by atoms with Crippen molar-refractivity contribution in [3.8, 4) is 0 Å². The number of carbonyl (C=O) groups is 2. The summed E-state index contributed by atoms with van der Waals surface area (Å²) in [6.07, 6.45) is 4.23. The fraction of sp³-hybridized carbons (Fsp3) is 0.500. The molecule has 23 heavy (non-hydrogen) atoms. The summed E-state index contributed by atoms with van der Waals surface area (Å²) in [4.78, 5) is 34.1. The van der Waals surface area contributed by atoms with Crippen molar-refractivity contribution in [3.63, 3.8) is 0 Å². The van der Waals surface area contributed by atoms with E-state index in [0.29, 0.717) is 6.54 Å². The number of nitrogens with one attached hydrogen (secondary N) is 2. The van der Waals surface area contributed by atoms with Gasteiger partial charge in [-0.15, -0.1) is 0 Å². The van der Waals surface area contributed by atoms with E-state index in [-0.39, 0.29) is 17.2 Å². The quantitative estimate of drug-likeness (QED) is 0.414. The molecule has 0 bridgehead atoms. The summed E-state index contributed by atoms with van der Waals surface area (Å²) in [5.41, 5.74) is -0.00697. The highest BCUT2D eigenvalue weighted by Crippen LogP contribution is 2.13. The van der Waals surface area contributed by atoms with Gasteiger partial charge in [0, 0.05) is 24.2 Å². The second-order valence-electron chi connectivity index (χ2n) is 5.35. The van der Waals surface area contributed by atoms with Crippen LogP contribution in [0.15, 0.2) is 24.3 Å². The average molecular weight is 321 g/mol. The van der Waals surface area contributed by atoms with E-state index in [1.807, 2.05) is 0 Å². The SMILES string of the molecule is CCCCCCNC(=O)C(C)NC(=O)c1cccc([N+](=O)[O-])c1. The number of non-ortho nitro benzene ring substituents is 1. The van der Waals surface area contributed by atoms with Crippen LogP contribution in [0, 0.1) is 10.1 Å². The molecule has 0 aromatic heterocycles. The highest BCUT2D eigenvalue weighted by atomic mass is 16.6. The maximum Gasteiger partial charge on any atom is 0.270 e. The summed E-state index contributed by atoms with van der Waals surface area (Å²) in [6.45, 7) is 4.27. The summed E-state index contributed by atoms with van der Waals surface area (Å²) in [6, 6.07) is 4.70. The van der Waals surface area contributed by atoms with E-state index >= 15 is 0 Å². The zero-order chi connectivity index (χ0) is 17.2. The predicted octanol–water partition coefficient (Wildman–Crippen LogP) is 2.41. The Bertz CT molecular complexity index is 560. The summed E-state index contributed by atoms with van der Waals surface area (Å²) >= 11 is 0. The maximum atomic E-state index is 12.0. The molecule has 126 valence electrons. The van der Waals surface area contributed by atoms with Crippen molar-refractivity contribution in [1.82, 2.24) is 10.6 Å². The van der Waals surface area contributed by atoms with E-state index in [1.165, 1.54) is 24.3 Å². The van der Waals surface area contributed by atoms with Crippen LogP contribution in [-0.4, -0.2) is 29.3 Å². The van der Waals surface area contributed by atoms with Crippen molar-refractivity contribution in [3.05, 3.63) is 39.9 Å². The van der Waals surface area contributed by atoms with Crippen molar-refractivity contribution in [2.75, 3.05) is 6.54 Å². The lowest BCUT2D eigenvalue weighted by Crippen LogP contribution is -2.45. The van der Waals surface area contributed by atoms with Gasteiger partial charge < -0.3 is 10.6 Å². The summed E-state index contributed by atoms with van der Waals surface area (Å²) in [5.74, 6) is -0.775. The Morgan fingerprint density at radius 2 is 2.00 bits per heavy atom. The third-order valence-corrected chi connectivity index (χ3v) is 3.39. The van der Waals surface area contributed by atoms with Gasteiger partial charge in [-0.05, 0) is 19.4 Å². The molecule has 1 rings (SSSR count). The molecule has 0 heterocycles. The third-order valence-electron chi connectivity index (χ3n) is 3.39. The van der Waals surface area contributed by atoms with Gasteiger partial charge in [0.05, 0.1) is 4.92 Å². The monoisotopic (exact) mass is 321 g/mol. The molecule has 0 aliphatic heterocycles. The van der Waals surface area contributed by atoms with Crippen molar-refractivity contribution in [1.29, 1.82) is 0 Å². The Balaban J connectivity index is 2.48. The first kappa shape index (κ1) is 18.6. The number of hydrogen-bond donors (Lipinski definition) is 2. The van der Waals surface area contributed by atoms with Gasteiger partial charge in [-0.1, -0.05) is 32.3 Å². The molecule has 0 spiro atoms. The molecule has 7 heteroatoms. The molecule has 0 aliphatic rings. The first-order valence-corrected chi connectivity index (χ1v) is 7.78. The number of hydrogen-bond acceptors (Lipinski definition) is 4. The fourth-order valence-corrected chi connectivity index (χ4v) is 2.02. The minimum Gasteiger partial charge on any atom is -0.354 e. The number of rotatable bonds is 9. The molecule has 0 saturated carbocycles. The minimum atomic E-state index is -0.701. The van der Waals surface area contributed by atoms with Crippen molar-refractivity contribution in [2.24, 2.45) is 0 Å². The summed E-state index contributed by atoms with van der Waals surface area (Å²) in [7, 11) is 0. The summed E-state index contributed by atoms with van der Waals surface area (Å²) < 4.78 is 0. The van der Waals surface area contributed by atoms with E-state index in [2.05, 4.69) is 17.6 Å². The van der Waals surface area contributed by atoms with Crippen molar-refractivity contribution < 1.29 is 14.5 Å². The molecule has 7 nitrogen and oxygen atoms in total. The van der Waals surface area contributed by atoms with E-state index in [9.17, 15) is 19.7 Å². The molecule has 1 unspecified atom stereocenters. The first-order valence-electron chi connectivity index (χ1n) is 7.78. The Morgan fingerprint density at radius 1 is 1.26 bits per heavy atom. The van der Waals surface area contributed by atoms with Gasteiger partial charge in [-0.25, -0.2) is 0 Å². The third kappa shape index (κ3) is 6.46. The van der Waals surface area contributed by atoms with E-state index in [4.69, 9.17) is 0 Å². The smallest absolute Gasteiger partial charge is 0.270 e. The Morgan fingerprint density at radius 3 is 2.65 bits per heavy atom. The van der Waals surface area contributed by atoms with Gasteiger partial charge in [0.25, 0.3) is 11.6 Å². The predicted molar refractivity (Wildman–Crippen MR) is 87.2 cm³/mol. The topological polar surface area (TPSA) is 101 Å². The number of nitrogens with zero attached hydrogens (tertiary/aromatic N) is 1. The lowest BCUT2D eigenvalue weighted by molar-refractivity contribution is -0.384. The van der Waals surface area contributed by atoms with Crippen LogP contribution in [0.2, 0.25) is 0 Å². The van der Waals surface area contributed by atoms with E-state index in [1.54, 1.807) is 6.92 Å². The van der Waals surface area contributed by atoms with Crippen LogP contribution in [0.3, 0.4) is 0 Å². The number of amides is 2. The van der Waals surface area contributed by atoms with Crippen LogP contribution in [-0.2, 0) is 4.79 Å². The fourth-order valence-electron chi connectivity index (χ4n) is 2.02. The van der Waals surface area contributed by atoms with Crippen molar-refractivity contribution >= 4 is 17.5 Å². The molecule has 1 atom stereocenters. The lowest BCUT2D eigenvalue weighted by atomic mass is 10.1. The Labute approximate surface area is 135 Å². The number of benzene rings is 1. The van der Waals surface area contributed by atoms with Gasteiger partial charge in [0.15, 0.2) is 0 Å². The number of nitro benzene ring substituents is 1. The van der Waals surface area contributed by atoms with Crippen LogP contribution in [0.4, 0.5) is 5.69 Å². The second-order valence-corrected chi connectivity index (χ2v) is 5.35. The normalized spacial score (nSPS) is 11.6. The number of unbranched alkanes of at least 4 members (excludes halogenated alkanes) is 3. The average Bonchev–Trinajstić information content (AvgIpc) is 2.54. The molecular formula is C16H23N3O4. The standard InChI is InChI=1S/C16H23N3O4/c1-3-4-5-6-10-17-15(20)12(2)18-16(21)13-8-7-9-14(11-13)19(22)23/h7-9,11-12H,3-6,10H2,1-2H3,(H,17,20)(H,18,21). The molecule has 1 aromatic carbocycles. The van der Waals surface area contributed by atoms with Crippen molar-refractivity contribution in [2.45, 2.75) is 45.6 Å². The first-order chi connectivity index (χ1) is 11.0. The molecule has 0 aliphatic carbocycles. The van der Waals surface area contributed by atoms with Gasteiger partial charge in [-0.3, -0.25) is 19.7 Å². The largest absolute Gasteiger partial charge is 0.354 e. The van der Waals surface area contributed by atoms with Gasteiger partial charge in [-0.2, -0.15) is 0 Å².